The molecule has 1 aromatic heterocycles. The van der Waals surface area contributed by atoms with E-state index in [0.717, 1.165) is 41.7 Å². The molecule has 33 heavy (non-hydrogen) atoms. The van der Waals surface area contributed by atoms with E-state index < -0.39 is 0 Å². The third-order valence-corrected chi connectivity index (χ3v) is 5.67. The van der Waals surface area contributed by atoms with E-state index in [1.807, 2.05) is 26.0 Å². The Morgan fingerprint density at radius 2 is 1.76 bits per heavy atom. The van der Waals surface area contributed by atoms with Gasteiger partial charge in [0.25, 0.3) is 0 Å². The van der Waals surface area contributed by atoms with Gasteiger partial charge in [-0.05, 0) is 94.6 Å². The first kappa shape index (κ1) is 26.4. The topological polar surface area (TPSA) is 55.0 Å². The molecule has 1 atom stereocenters. The van der Waals surface area contributed by atoms with E-state index in [2.05, 4.69) is 61.3 Å². The number of Topliss-reactive ketones (excluding diaryl/α,β-unsaturated/α-hetero) is 1. The highest BCUT2D eigenvalue weighted by Crippen LogP contribution is 2.42. The highest BCUT2D eigenvalue weighted by atomic mass is 16.5. The molecule has 1 saturated heterocycles. The lowest BCUT2D eigenvalue weighted by Gasteiger charge is -2.23. The lowest BCUT2D eigenvalue weighted by molar-refractivity contribution is -0.111. The van der Waals surface area contributed by atoms with Gasteiger partial charge in [0.15, 0.2) is 0 Å². The SMILES string of the molecule is C=C(C)/C=C\c1nc(C2CCO2)[nH]c1C.CC#CC(C)=O.Cc1cc(C)c(C2CC2)cc1C. The highest BCUT2D eigenvalue weighted by molar-refractivity contribution is 5.93. The number of rotatable bonds is 4. The van der Waals surface area contributed by atoms with Gasteiger partial charge in [0.2, 0.25) is 5.78 Å². The molecule has 2 fully saturated rings. The molecule has 1 N–H and O–H groups in total. The summed E-state index contributed by atoms with van der Waals surface area (Å²) < 4.78 is 5.38. The number of ketones is 1. The van der Waals surface area contributed by atoms with E-state index >= 15 is 0 Å². The number of ether oxygens (including phenoxy) is 1. The van der Waals surface area contributed by atoms with Crippen molar-refractivity contribution in [1.29, 1.82) is 0 Å². The molecule has 1 unspecified atom stereocenters. The summed E-state index contributed by atoms with van der Waals surface area (Å²) in [5.74, 6) is 6.55. The molecule has 176 valence electrons. The first-order chi connectivity index (χ1) is 15.6. The maximum Gasteiger partial charge on any atom is 0.202 e. The molecule has 4 nitrogen and oxygen atoms in total. The smallest absolute Gasteiger partial charge is 0.202 e. The maximum absolute atomic E-state index is 9.87. The molecule has 4 rings (SSSR count). The summed E-state index contributed by atoms with van der Waals surface area (Å²) in [5.41, 5.74) is 9.04. The van der Waals surface area contributed by atoms with Crippen LogP contribution in [0, 0.1) is 39.5 Å². The van der Waals surface area contributed by atoms with Crippen LogP contribution in [0.4, 0.5) is 0 Å². The number of aromatic nitrogens is 2. The lowest BCUT2D eigenvalue weighted by Crippen LogP contribution is -2.19. The molecule has 1 saturated carbocycles. The molecular weight excluding hydrogens is 408 g/mol. The monoisotopic (exact) mass is 446 g/mol. The molecule has 0 bridgehead atoms. The number of benzene rings is 1. The van der Waals surface area contributed by atoms with Crippen LogP contribution in [0.5, 0.6) is 0 Å². The van der Waals surface area contributed by atoms with Gasteiger partial charge < -0.3 is 9.72 Å². The van der Waals surface area contributed by atoms with Crippen LogP contribution in [0.2, 0.25) is 0 Å². The number of allylic oxidation sites excluding steroid dienone is 2. The number of carbonyl (C=O) groups is 1. The van der Waals surface area contributed by atoms with Crippen LogP contribution < -0.4 is 0 Å². The van der Waals surface area contributed by atoms with Crippen molar-refractivity contribution in [3.05, 3.63) is 69.8 Å². The normalized spacial score (nSPS) is 16.4. The first-order valence-electron chi connectivity index (χ1n) is 11.6. The number of imidazole rings is 1. The van der Waals surface area contributed by atoms with Gasteiger partial charge in [0, 0.05) is 19.0 Å². The molecule has 0 radical (unpaired) electrons. The summed E-state index contributed by atoms with van der Waals surface area (Å²) >= 11 is 0. The largest absolute Gasteiger partial charge is 0.370 e. The summed E-state index contributed by atoms with van der Waals surface area (Å²) in [6.07, 6.45) is 8.00. The van der Waals surface area contributed by atoms with E-state index in [4.69, 9.17) is 4.74 Å². The summed E-state index contributed by atoms with van der Waals surface area (Å²) in [5, 5.41) is 0. The van der Waals surface area contributed by atoms with Gasteiger partial charge in [-0.25, -0.2) is 4.98 Å². The predicted octanol–water partition coefficient (Wildman–Crippen LogP) is 6.86. The van der Waals surface area contributed by atoms with Crippen molar-refractivity contribution in [3.8, 4) is 11.8 Å². The minimum Gasteiger partial charge on any atom is -0.370 e. The second-order valence-electron chi connectivity index (χ2n) is 8.96. The Labute approximate surface area is 199 Å². The molecule has 2 heterocycles. The van der Waals surface area contributed by atoms with Crippen LogP contribution in [-0.4, -0.2) is 22.4 Å². The Kier molecular flexibility index (Phi) is 9.88. The van der Waals surface area contributed by atoms with Crippen molar-refractivity contribution >= 4 is 11.9 Å². The van der Waals surface area contributed by atoms with Crippen molar-refractivity contribution in [2.24, 2.45) is 0 Å². The molecule has 1 aliphatic carbocycles. The Balaban J connectivity index is 0.000000192. The van der Waals surface area contributed by atoms with Gasteiger partial charge in [0.1, 0.15) is 11.9 Å². The van der Waals surface area contributed by atoms with Gasteiger partial charge in [-0.2, -0.15) is 0 Å². The number of hydrogen-bond donors (Lipinski definition) is 1. The van der Waals surface area contributed by atoms with E-state index in [1.165, 1.54) is 36.5 Å². The van der Waals surface area contributed by atoms with Crippen molar-refractivity contribution in [1.82, 2.24) is 9.97 Å². The zero-order valence-electron chi connectivity index (χ0n) is 21.3. The van der Waals surface area contributed by atoms with E-state index in [9.17, 15) is 4.79 Å². The number of hydrogen-bond acceptors (Lipinski definition) is 3. The maximum atomic E-state index is 9.87. The number of nitrogens with one attached hydrogen (secondary N) is 1. The van der Waals surface area contributed by atoms with Gasteiger partial charge in [-0.15, -0.1) is 0 Å². The number of aromatic amines is 1. The number of H-pyrrole nitrogens is 1. The third kappa shape index (κ3) is 8.51. The minimum atomic E-state index is -0.0718. The van der Waals surface area contributed by atoms with Crippen molar-refractivity contribution in [2.75, 3.05) is 6.61 Å². The van der Waals surface area contributed by atoms with Crippen LogP contribution in [0.1, 0.15) is 91.5 Å². The fourth-order valence-electron chi connectivity index (χ4n) is 3.48. The minimum absolute atomic E-state index is 0.0718. The molecule has 0 spiro atoms. The average molecular weight is 447 g/mol. The summed E-state index contributed by atoms with van der Waals surface area (Å²) in [4.78, 5) is 17.6. The average Bonchev–Trinajstić information content (AvgIpc) is 3.46. The third-order valence-electron chi connectivity index (χ3n) is 5.67. The van der Waals surface area contributed by atoms with Crippen LogP contribution in [0.15, 0.2) is 30.4 Å². The molecule has 2 aliphatic rings. The molecule has 1 aliphatic heterocycles. The molecule has 1 aromatic carbocycles. The van der Waals surface area contributed by atoms with Gasteiger partial charge in [-0.3, -0.25) is 4.79 Å². The second-order valence-corrected chi connectivity index (χ2v) is 8.96. The number of carbonyl (C=O) groups excluding carboxylic acids is 1. The quantitative estimate of drug-likeness (QED) is 0.317. The van der Waals surface area contributed by atoms with Crippen molar-refractivity contribution in [2.45, 2.75) is 79.8 Å². The number of aryl methyl sites for hydroxylation is 4. The van der Waals surface area contributed by atoms with Gasteiger partial charge in [0.05, 0.1) is 12.3 Å². The van der Waals surface area contributed by atoms with Crippen LogP contribution in [0.3, 0.4) is 0 Å². The second kappa shape index (κ2) is 12.4. The van der Waals surface area contributed by atoms with Crippen LogP contribution in [-0.2, 0) is 9.53 Å². The standard InChI is InChI=1S/C12H16N2O.C12H16.C5H6O/c1-8(2)4-5-10-9(3)13-12(14-10)11-6-7-15-11;1-8-6-10(3)12(7-9(8)2)11-4-5-11;1-3-4-5(2)6/h4-5,11H,1,6-7H2,2-3H3,(H,13,14);6-7,11H,4-5H2,1-3H3;1-2H3/b5-4-;;. The van der Waals surface area contributed by atoms with Crippen molar-refractivity contribution in [3.63, 3.8) is 0 Å². The molecular formula is C29H38N2O2. The Bertz CT molecular complexity index is 1070. The predicted molar refractivity (Wildman–Crippen MR) is 137 cm³/mol. The van der Waals surface area contributed by atoms with Crippen LogP contribution >= 0.6 is 0 Å². The lowest BCUT2D eigenvalue weighted by atomic mass is 9.98. The Morgan fingerprint density at radius 3 is 2.21 bits per heavy atom. The first-order valence-corrected chi connectivity index (χ1v) is 11.6. The zero-order chi connectivity index (χ0) is 24.5. The summed E-state index contributed by atoms with van der Waals surface area (Å²) in [6.45, 7) is 18.4. The molecule has 4 heteroatoms. The van der Waals surface area contributed by atoms with Gasteiger partial charge in [-0.1, -0.05) is 36.3 Å². The molecule has 0 amide bonds. The highest BCUT2D eigenvalue weighted by Gasteiger charge is 2.25. The Morgan fingerprint density at radius 1 is 1.12 bits per heavy atom. The van der Waals surface area contributed by atoms with E-state index in [-0.39, 0.29) is 11.9 Å². The summed E-state index contributed by atoms with van der Waals surface area (Å²) in [7, 11) is 0. The Hall–Kier alpha value is -2.90. The van der Waals surface area contributed by atoms with Gasteiger partial charge >= 0.3 is 0 Å². The van der Waals surface area contributed by atoms with E-state index in [0.29, 0.717) is 0 Å². The van der Waals surface area contributed by atoms with Crippen LogP contribution in [0.25, 0.3) is 6.08 Å². The zero-order valence-corrected chi connectivity index (χ0v) is 21.3. The summed E-state index contributed by atoms with van der Waals surface area (Å²) in [6, 6.07) is 4.70. The van der Waals surface area contributed by atoms with Crippen molar-refractivity contribution < 1.29 is 9.53 Å². The fraction of sp³-hybridized carbons (Fsp3) is 0.448. The number of nitrogens with zero attached hydrogens (tertiary/aromatic N) is 1. The fourth-order valence-corrected chi connectivity index (χ4v) is 3.48. The van der Waals surface area contributed by atoms with E-state index in [1.54, 1.807) is 12.5 Å². The molecule has 2 aromatic rings.